The van der Waals surface area contributed by atoms with E-state index in [9.17, 15) is 9.90 Å². The van der Waals surface area contributed by atoms with Crippen molar-refractivity contribution in [3.63, 3.8) is 0 Å². The van der Waals surface area contributed by atoms with Gasteiger partial charge in [0.25, 0.3) is 0 Å². The summed E-state index contributed by atoms with van der Waals surface area (Å²) in [4.78, 5) is 14.4. The van der Waals surface area contributed by atoms with Crippen LogP contribution >= 0.6 is 0 Å². The summed E-state index contributed by atoms with van der Waals surface area (Å²) in [6.45, 7) is 4.41. The molecule has 0 atom stereocenters. The Balaban J connectivity index is 2.79. The third kappa shape index (κ3) is 1.91. The normalized spacial score (nSPS) is 11.0. The summed E-state index contributed by atoms with van der Waals surface area (Å²) in [5.41, 5.74) is 9.68. The first kappa shape index (κ1) is 11.7. The predicted molar refractivity (Wildman–Crippen MR) is 67.5 cm³/mol. The van der Waals surface area contributed by atoms with Crippen LogP contribution in [0.3, 0.4) is 0 Å². The van der Waals surface area contributed by atoms with Crippen LogP contribution in [0.15, 0.2) is 12.1 Å². The number of fused-ring (bicyclic) bond motifs is 1. The number of carbonyl (C=O) groups is 1. The molecule has 0 aliphatic heterocycles. The van der Waals surface area contributed by atoms with Crippen LogP contribution in [0.2, 0.25) is 0 Å². The van der Waals surface area contributed by atoms with Gasteiger partial charge in [0.15, 0.2) is 0 Å². The Morgan fingerprint density at radius 2 is 2.12 bits per heavy atom. The highest BCUT2D eigenvalue weighted by molar-refractivity contribution is 6.03. The third-order valence-corrected chi connectivity index (χ3v) is 3.00. The second-order valence-electron chi connectivity index (χ2n) is 4.31. The number of hydrogen-bond acceptors (Lipinski definition) is 2. The van der Waals surface area contributed by atoms with Crippen LogP contribution < -0.4 is 5.73 Å². The monoisotopic (exact) mass is 232 g/mol. The number of benzene rings is 1. The van der Waals surface area contributed by atoms with Crippen molar-refractivity contribution < 1.29 is 9.90 Å². The second kappa shape index (κ2) is 4.22. The number of aromatic amines is 1. The van der Waals surface area contributed by atoms with Crippen LogP contribution in [0, 0.1) is 13.8 Å². The van der Waals surface area contributed by atoms with E-state index in [1.807, 2.05) is 19.9 Å². The van der Waals surface area contributed by atoms with E-state index in [0.29, 0.717) is 17.6 Å². The van der Waals surface area contributed by atoms with Gasteiger partial charge in [-0.1, -0.05) is 0 Å². The van der Waals surface area contributed by atoms with Gasteiger partial charge in [0, 0.05) is 11.1 Å². The van der Waals surface area contributed by atoms with Crippen LogP contribution in [0.5, 0.6) is 0 Å². The molecule has 4 N–H and O–H groups in total. The van der Waals surface area contributed by atoms with E-state index < -0.39 is 5.97 Å². The highest BCUT2D eigenvalue weighted by Crippen LogP contribution is 2.27. The number of aryl methyl sites for hydroxylation is 2. The molecule has 2 rings (SSSR count). The van der Waals surface area contributed by atoms with Crippen LogP contribution in [0.1, 0.15) is 27.2 Å². The number of carboxylic acids is 1. The minimum atomic E-state index is -0.903. The lowest BCUT2D eigenvalue weighted by atomic mass is 10.0. The fourth-order valence-electron chi connectivity index (χ4n) is 2.26. The van der Waals surface area contributed by atoms with Crippen LogP contribution in [0.25, 0.3) is 10.9 Å². The van der Waals surface area contributed by atoms with E-state index in [-0.39, 0.29) is 0 Å². The van der Waals surface area contributed by atoms with E-state index in [2.05, 4.69) is 4.98 Å². The summed E-state index contributed by atoms with van der Waals surface area (Å²) in [5.74, 6) is -0.903. The van der Waals surface area contributed by atoms with Crippen molar-refractivity contribution in [1.29, 1.82) is 0 Å². The lowest BCUT2D eigenvalue weighted by molar-refractivity contribution is 0.0699. The van der Waals surface area contributed by atoms with Crippen molar-refractivity contribution in [1.82, 2.24) is 4.98 Å². The highest BCUT2D eigenvalue weighted by atomic mass is 16.4. The maximum Gasteiger partial charge on any atom is 0.337 e. The number of nitrogens with one attached hydrogen (secondary N) is 1. The number of H-pyrrole nitrogens is 1. The summed E-state index contributed by atoms with van der Waals surface area (Å²) in [5, 5.41) is 10.2. The number of rotatable bonds is 3. The number of carboxylic acid groups (broad SMARTS) is 1. The maximum absolute atomic E-state index is 11.2. The number of aromatic nitrogens is 1. The first-order valence-electron chi connectivity index (χ1n) is 5.59. The molecule has 1 aromatic carbocycles. The van der Waals surface area contributed by atoms with Crippen LogP contribution in [-0.4, -0.2) is 22.6 Å². The minimum Gasteiger partial charge on any atom is -0.478 e. The molecule has 4 nitrogen and oxygen atoms in total. The minimum absolute atomic E-state index is 0.325. The summed E-state index contributed by atoms with van der Waals surface area (Å²) in [7, 11) is 0. The second-order valence-corrected chi connectivity index (χ2v) is 4.31. The quantitative estimate of drug-likeness (QED) is 0.757. The van der Waals surface area contributed by atoms with Gasteiger partial charge in [0.1, 0.15) is 0 Å². The first-order chi connectivity index (χ1) is 8.04. The molecule has 0 aliphatic rings. The zero-order valence-corrected chi connectivity index (χ0v) is 10.0. The average Bonchev–Trinajstić information content (AvgIpc) is 2.55. The smallest absolute Gasteiger partial charge is 0.337 e. The van der Waals surface area contributed by atoms with E-state index >= 15 is 0 Å². The molecule has 0 aliphatic carbocycles. The lowest BCUT2D eigenvalue weighted by Crippen LogP contribution is -2.03. The molecule has 0 bridgehead atoms. The van der Waals surface area contributed by atoms with Crippen molar-refractivity contribution in [3.8, 4) is 0 Å². The highest BCUT2D eigenvalue weighted by Gasteiger charge is 2.15. The molecule has 17 heavy (non-hydrogen) atoms. The Morgan fingerprint density at radius 3 is 2.71 bits per heavy atom. The van der Waals surface area contributed by atoms with Gasteiger partial charge in [-0.2, -0.15) is 0 Å². The van der Waals surface area contributed by atoms with Crippen LogP contribution in [-0.2, 0) is 6.42 Å². The molecule has 0 saturated carbocycles. The molecule has 0 spiro atoms. The molecule has 90 valence electrons. The summed E-state index contributed by atoms with van der Waals surface area (Å²) in [6.07, 6.45) is 0.758. The first-order valence-corrected chi connectivity index (χ1v) is 5.59. The van der Waals surface area contributed by atoms with Gasteiger partial charge in [-0.15, -0.1) is 0 Å². The van der Waals surface area contributed by atoms with Crippen molar-refractivity contribution in [2.45, 2.75) is 20.3 Å². The molecule has 0 saturated heterocycles. The molecular formula is C13H16N2O2. The average molecular weight is 232 g/mol. The fourth-order valence-corrected chi connectivity index (χ4v) is 2.26. The molecule has 0 fully saturated rings. The van der Waals surface area contributed by atoms with E-state index in [0.717, 1.165) is 28.6 Å². The van der Waals surface area contributed by atoms with E-state index in [4.69, 9.17) is 5.73 Å². The number of hydrogen-bond donors (Lipinski definition) is 3. The Morgan fingerprint density at radius 1 is 1.41 bits per heavy atom. The standard InChI is InChI=1S/C13H16N2O2/c1-7-5-10-9(3-4-14)8(2)15-12(10)11(6-7)13(16)17/h5-6,15H,3-4,14H2,1-2H3,(H,16,17). The lowest BCUT2D eigenvalue weighted by Gasteiger charge is -2.02. The Labute approximate surface area is 99.4 Å². The Kier molecular flexibility index (Phi) is 2.90. The van der Waals surface area contributed by atoms with Gasteiger partial charge < -0.3 is 15.8 Å². The van der Waals surface area contributed by atoms with Crippen LogP contribution in [0.4, 0.5) is 0 Å². The molecule has 0 unspecified atom stereocenters. The van der Waals surface area contributed by atoms with Crippen molar-refractivity contribution >= 4 is 16.9 Å². The summed E-state index contributed by atoms with van der Waals surface area (Å²) >= 11 is 0. The number of nitrogens with two attached hydrogens (primary N) is 1. The fraction of sp³-hybridized carbons (Fsp3) is 0.308. The molecule has 4 heteroatoms. The van der Waals surface area contributed by atoms with Gasteiger partial charge in [-0.25, -0.2) is 4.79 Å². The van der Waals surface area contributed by atoms with Gasteiger partial charge in [0.2, 0.25) is 0 Å². The van der Waals surface area contributed by atoms with Crippen molar-refractivity contribution in [2.75, 3.05) is 6.54 Å². The largest absolute Gasteiger partial charge is 0.478 e. The van der Waals surface area contributed by atoms with Gasteiger partial charge in [0.05, 0.1) is 11.1 Å². The summed E-state index contributed by atoms with van der Waals surface area (Å²) in [6, 6.07) is 3.70. The molecule has 1 aromatic heterocycles. The maximum atomic E-state index is 11.2. The van der Waals surface area contributed by atoms with Gasteiger partial charge in [-0.05, 0) is 50.1 Å². The Bertz CT molecular complexity index is 585. The molecule has 2 aromatic rings. The zero-order valence-electron chi connectivity index (χ0n) is 10.0. The third-order valence-electron chi connectivity index (χ3n) is 3.00. The van der Waals surface area contributed by atoms with Crippen molar-refractivity contribution in [3.05, 3.63) is 34.5 Å². The SMILES string of the molecule is Cc1cc(C(=O)O)c2[nH]c(C)c(CCN)c2c1. The van der Waals surface area contributed by atoms with E-state index in [1.54, 1.807) is 6.07 Å². The van der Waals surface area contributed by atoms with Crippen molar-refractivity contribution in [2.24, 2.45) is 5.73 Å². The van der Waals surface area contributed by atoms with Gasteiger partial charge >= 0.3 is 5.97 Å². The molecule has 0 radical (unpaired) electrons. The predicted octanol–water partition coefficient (Wildman–Crippen LogP) is 1.98. The Hall–Kier alpha value is -1.81. The molecular weight excluding hydrogens is 216 g/mol. The molecule has 1 heterocycles. The summed E-state index contributed by atoms with van der Waals surface area (Å²) < 4.78 is 0. The zero-order chi connectivity index (χ0) is 12.6. The van der Waals surface area contributed by atoms with Gasteiger partial charge in [-0.3, -0.25) is 0 Å². The number of aromatic carboxylic acids is 1. The topological polar surface area (TPSA) is 79.1 Å². The van der Waals surface area contributed by atoms with E-state index in [1.165, 1.54) is 0 Å². The molecule has 0 amide bonds.